The molecule has 82 valence electrons. The first kappa shape index (κ1) is 13.5. The highest BCUT2D eigenvalue weighted by Crippen LogP contribution is 2.07. The van der Waals surface area contributed by atoms with Crippen LogP contribution in [0.15, 0.2) is 11.1 Å². The number of carboxylic acid groups (broad SMARTS) is 1. The van der Waals surface area contributed by atoms with Crippen LogP contribution >= 0.6 is 11.6 Å². The minimum atomic E-state index is -0.798. The first-order valence-electron chi connectivity index (χ1n) is 4.73. The zero-order valence-corrected chi connectivity index (χ0v) is 9.71. The van der Waals surface area contributed by atoms with Crippen LogP contribution in [-0.2, 0) is 4.79 Å². The smallest absolute Gasteiger partial charge is 0.317 e. The molecule has 14 heavy (non-hydrogen) atoms. The van der Waals surface area contributed by atoms with Crippen LogP contribution < -0.4 is 0 Å². The van der Waals surface area contributed by atoms with Crippen molar-refractivity contribution in [3.8, 4) is 0 Å². The SMILES string of the molecule is CCC(C)N(CC(=O)O)CC(C)=CCl. The average Bonchev–Trinajstić information content (AvgIpc) is 2.14. The van der Waals surface area contributed by atoms with Gasteiger partial charge in [0.25, 0.3) is 0 Å². The maximum Gasteiger partial charge on any atom is 0.317 e. The van der Waals surface area contributed by atoms with Gasteiger partial charge in [0.15, 0.2) is 0 Å². The fraction of sp³-hybridized carbons (Fsp3) is 0.700. The van der Waals surface area contributed by atoms with Crippen LogP contribution in [0.3, 0.4) is 0 Å². The molecule has 0 rings (SSSR count). The summed E-state index contributed by atoms with van der Waals surface area (Å²) in [5, 5.41) is 8.72. The molecule has 0 aliphatic heterocycles. The highest BCUT2D eigenvalue weighted by Gasteiger charge is 2.15. The quantitative estimate of drug-likeness (QED) is 0.746. The van der Waals surface area contributed by atoms with Crippen molar-refractivity contribution in [2.75, 3.05) is 13.1 Å². The van der Waals surface area contributed by atoms with Crippen LogP contribution in [0.2, 0.25) is 0 Å². The molecule has 0 saturated carbocycles. The van der Waals surface area contributed by atoms with Crippen molar-refractivity contribution in [2.24, 2.45) is 0 Å². The first-order chi connectivity index (χ1) is 6.51. The second kappa shape index (κ2) is 6.85. The van der Waals surface area contributed by atoms with Gasteiger partial charge in [-0.1, -0.05) is 18.5 Å². The lowest BCUT2D eigenvalue weighted by atomic mass is 10.2. The minimum Gasteiger partial charge on any atom is -0.480 e. The molecular formula is C10H18ClNO2. The largest absolute Gasteiger partial charge is 0.480 e. The van der Waals surface area contributed by atoms with Gasteiger partial charge in [0.2, 0.25) is 0 Å². The number of hydrogen-bond acceptors (Lipinski definition) is 2. The molecule has 3 nitrogen and oxygen atoms in total. The molecule has 1 unspecified atom stereocenters. The Morgan fingerprint density at radius 2 is 2.14 bits per heavy atom. The van der Waals surface area contributed by atoms with E-state index in [0.29, 0.717) is 6.54 Å². The molecule has 1 atom stereocenters. The predicted molar refractivity (Wildman–Crippen MR) is 58.6 cm³/mol. The standard InChI is InChI=1S/C10H18ClNO2/c1-4-9(3)12(7-10(13)14)6-8(2)5-11/h5,9H,4,6-7H2,1-3H3,(H,13,14). The molecule has 0 heterocycles. The van der Waals surface area contributed by atoms with Gasteiger partial charge in [0, 0.05) is 18.1 Å². The molecule has 0 aliphatic rings. The second-order valence-electron chi connectivity index (χ2n) is 3.51. The van der Waals surface area contributed by atoms with Gasteiger partial charge in [-0.3, -0.25) is 9.69 Å². The van der Waals surface area contributed by atoms with Gasteiger partial charge in [0.05, 0.1) is 6.54 Å². The fourth-order valence-corrected chi connectivity index (χ4v) is 1.22. The third kappa shape index (κ3) is 5.25. The normalized spacial score (nSPS) is 14.5. The molecule has 0 amide bonds. The maximum absolute atomic E-state index is 10.6. The lowest BCUT2D eigenvalue weighted by Crippen LogP contribution is -2.38. The van der Waals surface area contributed by atoms with Crippen LogP contribution in [0.25, 0.3) is 0 Å². The molecule has 0 aliphatic carbocycles. The van der Waals surface area contributed by atoms with Crippen molar-refractivity contribution in [1.82, 2.24) is 4.90 Å². The molecule has 0 aromatic heterocycles. The van der Waals surface area contributed by atoms with Crippen molar-refractivity contribution in [2.45, 2.75) is 33.2 Å². The molecule has 0 spiro atoms. The van der Waals surface area contributed by atoms with Gasteiger partial charge in [0.1, 0.15) is 0 Å². The van der Waals surface area contributed by atoms with Crippen molar-refractivity contribution in [3.05, 3.63) is 11.1 Å². The fourth-order valence-electron chi connectivity index (χ4n) is 1.15. The second-order valence-corrected chi connectivity index (χ2v) is 3.73. The van der Waals surface area contributed by atoms with Crippen LogP contribution in [0.5, 0.6) is 0 Å². The highest BCUT2D eigenvalue weighted by atomic mass is 35.5. The Kier molecular flexibility index (Phi) is 6.58. The van der Waals surface area contributed by atoms with Gasteiger partial charge in [-0.05, 0) is 25.8 Å². The zero-order valence-electron chi connectivity index (χ0n) is 8.96. The molecule has 0 fully saturated rings. The van der Waals surface area contributed by atoms with Gasteiger partial charge in [-0.25, -0.2) is 0 Å². The lowest BCUT2D eigenvalue weighted by molar-refractivity contribution is -0.138. The predicted octanol–water partition coefficient (Wildman–Crippen LogP) is 2.31. The third-order valence-corrected chi connectivity index (χ3v) is 2.56. The van der Waals surface area contributed by atoms with E-state index in [1.54, 1.807) is 0 Å². The molecule has 0 bridgehead atoms. The molecule has 0 radical (unpaired) electrons. The van der Waals surface area contributed by atoms with Crippen molar-refractivity contribution >= 4 is 17.6 Å². The average molecular weight is 220 g/mol. The minimum absolute atomic E-state index is 0.0665. The Labute approximate surface area is 90.4 Å². The van der Waals surface area contributed by atoms with Crippen molar-refractivity contribution in [1.29, 1.82) is 0 Å². The Balaban J connectivity index is 4.31. The molecule has 1 N–H and O–H groups in total. The van der Waals surface area contributed by atoms with Crippen LogP contribution in [-0.4, -0.2) is 35.1 Å². The Hall–Kier alpha value is -0.540. The summed E-state index contributed by atoms with van der Waals surface area (Å²) in [5.74, 6) is -0.798. The molecular weight excluding hydrogens is 202 g/mol. The number of rotatable bonds is 6. The van der Waals surface area contributed by atoms with Gasteiger partial charge < -0.3 is 5.11 Å². The third-order valence-electron chi connectivity index (χ3n) is 2.19. The van der Waals surface area contributed by atoms with E-state index in [0.717, 1.165) is 12.0 Å². The van der Waals surface area contributed by atoms with Gasteiger partial charge >= 0.3 is 5.97 Å². The van der Waals surface area contributed by atoms with Crippen molar-refractivity contribution in [3.63, 3.8) is 0 Å². The number of hydrogen-bond donors (Lipinski definition) is 1. The van der Waals surface area contributed by atoms with E-state index in [2.05, 4.69) is 0 Å². The number of aliphatic carboxylic acids is 1. The number of carboxylic acids is 1. The van der Waals surface area contributed by atoms with E-state index < -0.39 is 5.97 Å². The monoisotopic (exact) mass is 219 g/mol. The number of carbonyl (C=O) groups is 1. The summed E-state index contributed by atoms with van der Waals surface area (Å²) >= 11 is 5.54. The van der Waals surface area contributed by atoms with Gasteiger partial charge in [-0.2, -0.15) is 0 Å². The summed E-state index contributed by atoms with van der Waals surface area (Å²) in [5.41, 5.74) is 2.48. The summed E-state index contributed by atoms with van der Waals surface area (Å²) in [6.07, 6.45) is 0.933. The first-order valence-corrected chi connectivity index (χ1v) is 5.16. The lowest BCUT2D eigenvalue weighted by Gasteiger charge is -2.26. The summed E-state index contributed by atoms with van der Waals surface area (Å²) in [7, 11) is 0. The Morgan fingerprint density at radius 1 is 1.57 bits per heavy atom. The molecule has 0 saturated heterocycles. The maximum atomic E-state index is 10.6. The van der Waals surface area contributed by atoms with Crippen molar-refractivity contribution < 1.29 is 9.90 Å². The molecule has 0 aromatic rings. The summed E-state index contributed by atoms with van der Waals surface area (Å²) in [4.78, 5) is 12.5. The number of halogens is 1. The van der Waals surface area contributed by atoms with Crippen LogP contribution in [0.4, 0.5) is 0 Å². The Morgan fingerprint density at radius 3 is 2.50 bits per heavy atom. The van der Waals surface area contributed by atoms with Crippen LogP contribution in [0, 0.1) is 0 Å². The van der Waals surface area contributed by atoms with E-state index in [9.17, 15) is 4.79 Å². The van der Waals surface area contributed by atoms with E-state index in [1.807, 2.05) is 25.7 Å². The van der Waals surface area contributed by atoms with E-state index in [4.69, 9.17) is 16.7 Å². The highest BCUT2D eigenvalue weighted by molar-refractivity contribution is 6.25. The van der Waals surface area contributed by atoms with E-state index in [1.165, 1.54) is 5.54 Å². The van der Waals surface area contributed by atoms with E-state index in [-0.39, 0.29) is 12.6 Å². The van der Waals surface area contributed by atoms with Gasteiger partial charge in [-0.15, -0.1) is 0 Å². The van der Waals surface area contributed by atoms with Crippen LogP contribution in [0.1, 0.15) is 27.2 Å². The Bertz CT molecular complexity index is 216. The van der Waals surface area contributed by atoms with E-state index >= 15 is 0 Å². The zero-order chi connectivity index (χ0) is 11.1. The molecule has 4 heteroatoms. The summed E-state index contributed by atoms with van der Waals surface area (Å²) in [6.45, 7) is 6.63. The molecule has 0 aromatic carbocycles. The summed E-state index contributed by atoms with van der Waals surface area (Å²) < 4.78 is 0. The number of nitrogens with zero attached hydrogens (tertiary/aromatic N) is 1. The summed E-state index contributed by atoms with van der Waals surface area (Å²) in [6, 6.07) is 0.262. The topological polar surface area (TPSA) is 40.5 Å².